The van der Waals surface area contributed by atoms with E-state index in [4.69, 9.17) is 23.2 Å². The van der Waals surface area contributed by atoms with Crippen LogP contribution >= 0.6 is 23.2 Å². The van der Waals surface area contributed by atoms with Gasteiger partial charge in [-0.2, -0.15) is 0 Å². The van der Waals surface area contributed by atoms with Crippen LogP contribution in [0.1, 0.15) is 16.7 Å². The number of hydrogen-bond acceptors (Lipinski definition) is 2. The number of fused-ring (bicyclic) bond motifs is 1. The van der Waals surface area contributed by atoms with Crippen LogP contribution in [0.2, 0.25) is 10.0 Å². The smallest absolute Gasteiger partial charge is 0.246 e. The third-order valence-electron chi connectivity index (χ3n) is 3.95. The van der Waals surface area contributed by atoms with Gasteiger partial charge in [-0.25, -0.2) is 0 Å². The van der Waals surface area contributed by atoms with Crippen molar-refractivity contribution in [1.82, 2.24) is 4.90 Å². The van der Waals surface area contributed by atoms with Gasteiger partial charge in [-0.05, 0) is 41.8 Å². The van der Waals surface area contributed by atoms with Gasteiger partial charge in [0, 0.05) is 34.8 Å². The third-order valence-corrected chi connectivity index (χ3v) is 4.66. The number of benzene rings is 2. The number of rotatable bonds is 2. The summed E-state index contributed by atoms with van der Waals surface area (Å²) in [5.74, 6) is 0.0327. The molecule has 0 aliphatic carbocycles. The summed E-state index contributed by atoms with van der Waals surface area (Å²) in [6.45, 7) is 1.04. The molecule has 0 radical (unpaired) electrons. The minimum absolute atomic E-state index is 0.116. The van der Waals surface area contributed by atoms with E-state index in [1.165, 1.54) is 6.08 Å². The first-order valence-corrected chi connectivity index (χ1v) is 8.02. The second-order valence-electron chi connectivity index (χ2n) is 5.39. The molecule has 1 aliphatic rings. The Balaban J connectivity index is 1.77. The molecule has 0 saturated carbocycles. The molecular weight excluding hydrogens is 333 g/mol. The summed E-state index contributed by atoms with van der Waals surface area (Å²) >= 11 is 12.4. The van der Waals surface area contributed by atoms with Crippen LogP contribution in [0.3, 0.4) is 0 Å². The van der Waals surface area contributed by atoms with Crippen molar-refractivity contribution < 1.29 is 9.90 Å². The van der Waals surface area contributed by atoms with Gasteiger partial charge in [0.1, 0.15) is 5.75 Å². The van der Waals surface area contributed by atoms with Crippen LogP contribution in [-0.4, -0.2) is 22.5 Å². The highest BCUT2D eigenvalue weighted by molar-refractivity contribution is 6.34. The van der Waals surface area contributed by atoms with Gasteiger partial charge in [-0.1, -0.05) is 41.4 Å². The summed E-state index contributed by atoms with van der Waals surface area (Å²) in [5, 5.41) is 11.0. The van der Waals surface area contributed by atoms with Crippen LogP contribution < -0.4 is 0 Å². The fraction of sp³-hybridized carbons (Fsp3) is 0.167. The Morgan fingerprint density at radius 2 is 1.78 bits per heavy atom. The van der Waals surface area contributed by atoms with Crippen molar-refractivity contribution in [3.8, 4) is 5.75 Å². The standard InChI is InChI=1S/C18H15Cl2NO2/c19-15-6-7-16(20)14-11-21(10-9-13(14)15)18(23)8-5-12-3-1-2-4-17(12)22/h1-8,22H,9-11H2/b8-5-. The summed E-state index contributed by atoms with van der Waals surface area (Å²) in [6, 6.07) is 10.4. The summed E-state index contributed by atoms with van der Waals surface area (Å²) in [7, 11) is 0. The van der Waals surface area contributed by atoms with Gasteiger partial charge in [-0.15, -0.1) is 0 Å². The number of para-hydroxylation sites is 1. The van der Waals surface area contributed by atoms with Crippen LogP contribution in [0.5, 0.6) is 5.75 Å². The van der Waals surface area contributed by atoms with Crippen LogP contribution in [0, 0.1) is 0 Å². The summed E-state index contributed by atoms with van der Waals surface area (Å²) < 4.78 is 0. The molecule has 1 amide bonds. The largest absolute Gasteiger partial charge is 0.507 e. The Morgan fingerprint density at radius 1 is 1.09 bits per heavy atom. The zero-order valence-electron chi connectivity index (χ0n) is 12.3. The average molecular weight is 348 g/mol. The molecule has 1 N–H and O–H groups in total. The predicted molar refractivity (Wildman–Crippen MR) is 92.7 cm³/mol. The van der Waals surface area contributed by atoms with Gasteiger partial charge in [0.25, 0.3) is 0 Å². The quantitative estimate of drug-likeness (QED) is 0.823. The highest BCUT2D eigenvalue weighted by Gasteiger charge is 2.23. The van der Waals surface area contributed by atoms with Gasteiger partial charge in [0.15, 0.2) is 0 Å². The van der Waals surface area contributed by atoms with Crippen LogP contribution in [-0.2, 0) is 17.8 Å². The lowest BCUT2D eigenvalue weighted by molar-refractivity contribution is -0.126. The van der Waals surface area contributed by atoms with Gasteiger partial charge >= 0.3 is 0 Å². The molecule has 0 saturated heterocycles. The molecule has 0 unspecified atom stereocenters. The van der Waals surface area contributed by atoms with Gasteiger partial charge < -0.3 is 10.0 Å². The number of carbonyl (C=O) groups excluding carboxylic acids is 1. The Morgan fingerprint density at radius 3 is 2.52 bits per heavy atom. The van der Waals surface area contributed by atoms with Crippen molar-refractivity contribution in [3.63, 3.8) is 0 Å². The highest BCUT2D eigenvalue weighted by atomic mass is 35.5. The number of nitrogens with zero attached hydrogens (tertiary/aromatic N) is 1. The van der Waals surface area contributed by atoms with Crippen molar-refractivity contribution in [3.05, 3.63) is 69.2 Å². The lowest BCUT2D eigenvalue weighted by atomic mass is 9.99. The van der Waals surface area contributed by atoms with E-state index in [1.54, 1.807) is 41.3 Å². The molecule has 0 bridgehead atoms. The minimum atomic E-state index is -0.116. The Hall–Kier alpha value is -1.97. The molecule has 0 fully saturated rings. The zero-order chi connectivity index (χ0) is 16.4. The topological polar surface area (TPSA) is 40.5 Å². The number of amides is 1. The van der Waals surface area contributed by atoms with Crippen molar-refractivity contribution in [2.24, 2.45) is 0 Å². The Labute approximate surface area is 144 Å². The molecule has 3 nitrogen and oxygen atoms in total. The van der Waals surface area contributed by atoms with Gasteiger partial charge in [0.2, 0.25) is 5.91 Å². The molecule has 118 valence electrons. The first-order valence-electron chi connectivity index (χ1n) is 7.27. The van der Waals surface area contributed by atoms with Crippen molar-refractivity contribution in [2.75, 3.05) is 6.54 Å². The van der Waals surface area contributed by atoms with E-state index in [2.05, 4.69) is 0 Å². The second-order valence-corrected chi connectivity index (χ2v) is 6.20. The van der Waals surface area contributed by atoms with E-state index in [1.807, 2.05) is 6.07 Å². The van der Waals surface area contributed by atoms with Crippen molar-refractivity contribution in [2.45, 2.75) is 13.0 Å². The monoisotopic (exact) mass is 347 g/mol. The summed E-state index contributed by atoms with van der Waals surface area (Å²) in [4.78, 5) is 14.1. The lowest BCUT2D eigenvalue weighted by Gasteiger charge is -2.29. The summed E-state index contributed by atoms with van der Waals surface area (Å²) in [5.41, 5.74) is 2.54. The van der Waals surface area contributed by atoms with Crippen molar-refractivity contribution in [1.29, 1.82) is 0 Å². The maximum absolute atomic E-state index is 12.4. The maximum Gasteiger partial charge on any atom is 0.246 e. The third kappa shape index (κ3) is 3.36. The van der Waals surface area contributed by atoms with Gasteiger partial charge in [-0.3, -0.25) is 4.79 Å². The number of halogens is 2. The van der Waals surface area contributed by atoms with E-state index in [0.29, 0.717) is 35.1 Å². The van der Waals surface area contributed by atoms with Crippen molar-refractivity contribution >= 4 is 35.2 Å². The number of phenols is 1. The molecular formula is C18H15Cl2NO2. The van der Waals surface area contributed by atoms with E-state index in [9.17, 15) is 9.90 Å². The van der Waals surface area contributed by atoms with Crippen LogP contribution in [0.25, 0.3) is 6.08 Å². The molecule has 3 rings (SSSR count). The fourth-order valence-electron chi connectivity index (χ4n) is 2.68. The first kappa shape index (κ1) is 15.9. The van der Waals surface area contributed by atoms with E-state index in [0.717, 1.165) is 11.1 Å². The fourth-order valence-corrected chi connectivity index (χ4v) is 3.19. The number of phenolic OH excluding ortho intramolecular Hbond substituents is 1. The maximum atomic E-state index is 12.4. The number of aromatic hydroxyl groups is 1. The predicted octanol–water partition coefficient (Wildman–Crippen LogP) is 4.30. The normalized spacial score (nSPS) is 14.1. The Bertz CT molecular complexity index is 787. The highest BCUT2D eigenvalue weighted by Crippen LogP contribution is 2.31. The SMILES string of the molecule is O=C(/C=C\c1ccccc1O)N1CCc2c(Cl)ccc(Cl)c2C1. The second kappa shape index (κ2) is 6.65. The average Bonchev–Trinajstić information content (AvgIpc) is 2.57. The molecule has 1 heterocycles. The Kier molecular flexibility index (Phi) is 4.60. The first-order chi connectivity index (χ1) is 11.1. The molecule has 0 spiro atoms. The molecule has 2 aromatic rings. The molecule has 5 heteroatoms. The minimum Gasteiger partial charge on any atom is -0.507 e. The van der Waals surface area contributed by atoms with Gasteiger partial charge in [0.05, 0.1) is 0 Å². The molecule has 0 atom stereocenters. The molecule has 23 heavy (non-hydrogen) atoms. The van der Waals surface area contributed by atoms with Crippen LogP contribution in [0.15, 0.2) is 42.5 Å². The lowest BCUT2D eigenvalue weighted by Crippen LogP contribution is -2.35. The van der Waals surface area contributed by atoms with E-state index < -0.39 is 0 Å². The van der Waals surface area contributed by atoms with E-state index in [-0.39, 0.29) is 11.7 Å². The van der Waals surface area contributed by atoms with E-state index >= 15 is 0 Å². The number of hydrogen-bond donors (Lipinski definition) is 1. The number of carbonyl (C=O) groups is 1. The summed E-state index contributed by atoms with van der Waals surface area (Å²) in [6.07, 6.45) is 3.77. The molecule has 0 aromatic heterocycles. The zero-order valence-corrected chi connectivity index (χ0v) is 13.8. The molecule has 2 aromatic carbocycles. The molecule has 1 aliphatic heterocycles. The van der Waals surface area contributed by atoms with Crippen LogP contribution in [0.4, 0.5) is 0 Å².